The number of allylic oxidation sites excluding steroid dienone is 1. The quantitative estimate of drug-likeness (QED) is 0.499. The minimum absolute atomic E-state index is 0.319. The zero-order valence-electron chi connectivity index (χ0n) is 16.1. The molecule has 0 radical (unpaired) electrons. The first-order chi connectivity index (χ1) is 12.5. The van der Waals surface area contributed by atoms with Crippen LogP contribution in [0.5, 0.6) is 0 Å². The lowest BCUT2D eigenvalue weighted by Gasteiger charge is -2.22. The molecule has 0 spiro atoms. The lowest BCUT2D eigenvalue weighted by Crippen LogP contribution is -2.07. The Hall–Kier alpha value is -2.60. The Morgan fingerprint density at radius 1 is 0.654 bits per heavy atom. The van der Waals surface area contributed by atoms with Crippen molar-refractivity contribution in [2.45, 2.75) is 40.0 Å². The van der Waals surface area contributed by atoms with Gasteiger partial charge in [0.25, 0.3) is 0 Å². The zero-order valence-corrected chi connectivity index (χ0v) is 16.1. The summed E-state index contributed by atoms with van der Waals surface area (Å²) >= 11 is 0. The van der Waals surface area contributed by atoms with Crippen molar-refractivity contribution in [1.82, 2.24) is 0 Å². The van der Waals surface area contributed by atoms with Gasteiger partial charge in [-0.15, -0.1) is 0 Å². The molecule has 0 nitrogen and oxygen atoms in total. The molecular formula is C26H26. The van der Waals surface area contributed by atoms with Crippen molar-refractivity contribution in [1.29, 1.82) is 0 Å². The Balaban J connectivity index is 1.88. The first kappa shape index (κ1) is 16.8. The summed E-state index contributed by atoms with van der Waals surface area (Å²) in [6, 6.07) is 22.8. The minimum atomic E-state index is 0.319. The molecule has 0 saturated carbocycles. The predicted octanol–water partition coefficient (Wildman–Crippen LogP) is 6.69. The fraction of sp³-hybridized carbons (Fsp3) is 0.231. The second-order valence-corrected chi connectivity index (χ2v) is 7.87. The standard InChI is InChI=1S/C26H26/c1-17-9-18(2)12-23(11-17)26(24-13-19(3)10-20(4)14-24)25-15-21-7-5-6-8-22(21)16-25/h5-15,26H,16H2,1-4H3. The Morgan fingerprint density at radius 2 is 1.15 bits per heavy atom. The van der Waals surface area contributed by atoms with Gasteiger partial charge in [-0.3, -0.25) is 0 Å². The van der Waals surface area contributed by atoms with Crippen LogP contribution in [0.2, 0.25) is 0 Å². The van der Waals surface area contributed by atoms with Crippen LogP contribution in [0.25, 0.3) is 6.08 Å². The molecule has 3 aromatic rings. The predicted molar refractivity (Wildman–Crippen MR) is 112 cm³/mol. The highest BCUT2D eigenvalue weighted by Crippen LogP contribution is 2.40. The molecule has 0 aliphatic heterocycles. The van der Waals surface area contributed by atoms with Crippen LogP contribution >= 0.6 is 0 Å². The summed E-state index contributed by atoms with van der Waals surface area (Å²) in [6.07, 6.45) is 3.45. The van der Waals surface area contributed by atoms with E-state index in [2.05, 4.69) is 94.4 Å². The fourth-order valence-electron chi connectivity index (χ4n) is 4.47. The van der Waals surface area contributed by atoms with Gasteiger partial charge in [0.05, 0.1) is 0 Å². The van der Waals surface area contributed by atoms with Gasteiger partial charge in [-0.25, -0.2) is 0 Å². The summed E-state index contributed by atoms with van der Waals surface area (Å²) in [5.74, 6) is 0.319. The molecule has 1 aliphatic rings. The monoisotopic (exact) mass is 338 g/mol. The summed E-state index contributed by atoms with van der Waals surface area (Å²) in [4.78, 5) is 0. The maximum absolute atomic E-state index is 2.41. The molecule has 4 rings (SSSR count). The van der Waals surface area contributed by atoms with Gasteiger partial charge in [-0.05, 0) is 56.4 Å². The van der Waals surface area contributed by atoms with Gasteiger partial charge in [-0.2, -0.15) is 0 Å². The van der Waals surface area contributed by atoms with E-state index in [0.717, 1.165) is 6.42 Å². The second kappa shape index (κ2) is 6.61. The van der Waals surface area contributed by atoms with Crippen molar-refractivity contribution in [2.24, 2.45) is 0 Å². The van der Waals surface area contributed by atoms with Crippen molar-refractivity contribution in [2.75, 3.05) is 0 Å². The van der Waals surface area contributed by atoms with Crippen molar-refractivity contribution in [3.05, 3.63) is 111 Å². The zero-order chi connectivity index (χ0) is 18.3. The molecular weight excluding hydrogens is 312 g/mol. The van der Waals surface area contributed by atoms with E-state index < -0.39 is 0 Å². The van der Waals surface area contributed by atoms with Crippen molar-refractivity contribution >= 4 is 6.08 Å². The molecule has 0 amide bonds. The molecule has 3 aromatic carbocycles. The number of rotatable bonds is 3. The van der Waals surface area contributed by atoms with Gasteiger partial charge in [0.2, 0.25) is 0 Å². The van der Waals surface area contributed by atoms with E-state index in [1.54, 1.807) is 0 Å². The lowest BCUT2D eigenvalue weighted by atomic mass is 9.82. The fourth-order valence-corrected chi connectivity index (χ4v) is 4.47. The van der Waals surface area contributed by atoms with Crippen LogP contribution in [-0.2, 0) is 6.42 Å². The van der Waals surface area contributed by atoms with Gasteiger partial charge in [0, 0.05) is 5.92 Å². The Kier molecular flexibility index (Phi) is 4.28. The van der Waals surface area contributed by atoms with Gasteiger partial charge in [0.15, 0.2) is 0 Å². The van der Waals surface area contributed by atoms with Gasteiger partial charge in [0.1, 0.15) is 0 Å². The Morgan fingerprint density at radius 3 is 1.65 bits per heavy atom. The molecule has 26 heavy (non-hydrogen) atoms. The largest absolute Gasteiger partial charge is 0.0619 e. The van der Waals surface area contributed by atoms with Crippen LogP contribution in [0.3, 0.4) is 0 Å². The number of aryl methyl sites for hydroxylation is 4. The highest BCUT2D eigenvalue weighted by molar-refractivity contribution is 5.67. The molecule has 0 unspecified atom stereocenters. The summed E-state index contributed by atoms with van der Waals surface area (Å²) in [7, 11) is 0. The SMILES string of the molecule is Cc1cc(C)cc(C(C2=Cc3ccccc3C2)c2cc(C)cc(C)c2)c1. The number of hydrogen-bond acceptors (Lipinski definition) is 0. The Bertz CT molecular complexity index is 912. The third-order valence-corrected chi connectivity index (χ3v) is 5.32. The summed E-state index contributed by atoms with van der Waals surface area (Å²) in [5, 5.41) is 0. The van der Waals surface area contributed by atoms with Crippen LogP contribution < -0.4 is 0 Å². The smallest absolute Gasteiger partial charge is 0.0305 e. The van der Waals surface area contributed by atoms with Crippen molar-refractivity contribution in [3.8, 4) is 0 Å². The highest BCUT2D eigenvalue weighted by atomic mass is 14.3. The normalized spacial score (nSPS) is 13.0. The first-order valence-corrected chi connectivity index (χ1v) is 9.44. The van der Waals surface area contributed by atoms with Crippen LogP contribution in [0.1, 0.15) is 50.4 Å². The van der Waals surface area contributed by atoms with Gasteiger partial charge >= 0.3 is 0 Å². The van der Waals surface area contributed by atoms with E-state index in [1.807, 2.05) is 0 Å². The van der Waals surface area contributed by atoms with E-state index in [-0.39, 0.29) is 0 Å². The van der Waals surface area contributed by atoms with Crippen molar-refractivity contribution < 1.29 is 0 Å². The Labute approximate surface area is 157 Å². The molecule has 0 fully saturated rings. The molecule has 0 atom stereocenters. The van der Waals surface area contributed by atoms with Crippen LogP contribution in [0.4, 0.5) is 0 Å². The highest BCUT2D eigenvalue weighted by Gasteiger charge is 2.24. The number of benzene rings is 3. The average Bonchev–Trinajstić information content (AvgIpc) is 2.96. The lowest BCUT2D eigenvalue weighted by molar-refractivity contribution is 0.909. The molecule has 0 heterocycles. The minimum Gasteiger partial charge on any atom is -0.0619 e. The first-order valence-electron chi connectivity index (χ1n) is 9.44. The maximum Gasteiger partial charge on any atom is 0.0305 e. The molecule has 0 aromatic heterocycles. The number of hydrogen-bond donors (Lipinski definition) is 0. The summed E-state index contributed by atoms with van der Waals surface area (Å²) in [5.41, 5.74) is 12.5. The van der Waals surface area contributed by atoms with E-state index in [4.69, 9.17) is 0 Å². The van der Waals surface area contributed by atoms with Crippen LogP contribution in [0, 0.1) is 27.7 Å². The van der Waals surface area contributed by atoms with E-state index in [9.17, 15) is 0 Å². The maximum atomic E-state index is 2.41. The third kappa shape index (κ3) is 3.24. The van der Waals surface area contributed by atoms with E-state index in [0.29, 0.717) is 5.92 Å². The molecule has 0 bridgehead atoms. The third-order valence-electron chi connectivity index (χ3n) is 5.32. The second-order valence-electron chi connectivity index (χ2n) is 7.87. The van der Waals surface area contributed by atoms with E-state index >= 15 is 0 Å². The summed E-state index contributed by atoms with van der Waals surface area (Å²) in [6.45, 7) is 8.80. The van der Waals surface area contributed by atoms with Crippen molar-refractivity contribution in [3.63, 3.8) is 0 Å². The topological polar surface area (TPSA) is 0 Å². The van der Waals surface area contributed by atoms with Gasteiger partial charge in [-0.1, -0.05) is 94.6 Å². The van der Waals surface area contributed by atoms with Crippen LogP contribution in [-0.4, -0.2) is 0 Å². The van der Waals surface area contributed by atoms with Gasteiger partial charge < -0.3 is 0 Å². The van der Waals surface area contributed by atoms with Crippen LogP contribution in [0.15, 0.2) is 66.2 Å². The number of fused-ring (bicyclic) bond motifs is 1. The molecule has 0 N–H and O–H groups in total. The molecule has 0 heteroatoms. The average molecular weight is 338 g/mol. The summed E-state index contributed by atoms with van der Waals surface area (Å²) < 4.78 is 0. The van der Waals surface area contributed by atoms with E-state index in [1.165, 1.54) is 50.1 Å². The molecule has 0 saturated heterocycles. The molecule has 1 aliphatic carbocycles. The molecule has 130 valence electrons.